The van der Waals surface area contributed by atoms with E-state index in [-0.39, 0.29) is 12.2 Å². The van der Waals surface area contributed by atoms with Crippen LogP contribution in [0.4, 0.5) is 0 Å². The number of unbranched alkanes of at least 4 members (excludes halogenated alkanes) is 8. The van der Waals surface area contributed by atoms with Gasteiger partial charge in [0.2, 0.25) is 0 Å². The van der Waals surface area contributed by atoms with Crippen LogP contribution in [0.2, 0.25) is 0 Å². The van der Waals surface area contributed by atoms with Crippen LogP contribution in [-0.4, -0.2) is 36.5 Å². The molecule has 0 aromatic heterocycles. The monoisotopic (exact) mass is 622 g/mol. The van der Waals surface area contributed by atoms with Gasteiger partial charge in [-0.2, -0.15) is 0 Å². The lowest BCUT2D eigenvalue weighted by atomic mass is 10.1. The Hall–Kier alpha value is 0.320. The SMILES string of the molecule is CCCC(CCC=CCCCCCCBr)OCOCOC(CCC)CCC=CCCCCCCBr. The van der Waals surface area contributed by atoms with Crippen LogP contribution in [0, 0.1) is 0 Å². The standard InChI is InChI=1S/C30H56Br2O3/c1-3-21-29(23-17-13-9-5-7-11-15-19-25-31)34-27-33-28-35-30(22-4-2)24-18-14-10-6-8-12-16-20-26-32/h9-10,13-14,29-30H,3-8,11-12,15-28H2,1-2H3. The Balaban J connectivity index is 3.87. The molecule has 0 aromatic rings. The predicted molar refractivity (Wildman–Crippen MR) is 161 cm³/mol. The molecule has 0 spiro atoms. The molecule has 0 heterocycles. The molecule has 2 unspecified atom stereocenters. The Bertz CT molecular complexity index is 417. The minimum absolute atomic E-state index is 0.277. The average Bonchev–Trinajstić information content (AvgIpc) is 2.86. The van der Waals surface area contributed by atoms with Gasteiger partial charge in [-0.25, -0.2) is 0 Å². The molecule has 0 aliphatic carbocycles. The van der Waals surface area contributed by atoms with Crippen molar-refractivity contribution in [3.8, 4) is 0 Å². The smallest absolute Gasteiger partial charge is 0.149 e. The Morgan fingerprint density at radius 3 is 1.31 bits per heavy atom. The number of alkyl halides is 2. The Morgan fingerprint density at radius 1 is 0.514 bits per heavy atom. The third-order valence-corrected chi connectivity index (χ3v) is 7.27. The number of hydrogen-bond donors (Lipinski definition) is 0. The van der Waals surface area contributed by atoms with Crippen LogP contribution in [0.1, 0.15) is 129 Å². The highest BCUT2D eigenvalue weighted by molar-refractivity contribution is 9.09. The van der Waals surface area contributed by atoms with E-state index in [0.29, 0.717) is 13.6 Å². The first-order valence-electron chi connectivity index (χ1n) is 14.5. The molecule has 0 fully saturated rings. The van der Waals surface area contributed by atoms with Crippen molar-refractivity contribution < 1.29 is 14.2 Å². The fraction of sp³-hybridized carbons (Fsp3) is 0.867. The Morgan fingerprint density at radius 2 is 0.914 bits per heavy atom. The van der Waals surface area contributed by atoms with Gasteiger partial charge in [-0.1, -0.05) is 109 Å². The van der Waals surface area contributed by atoms with Crippen molar-refractivity contribution in [2.45, 2.75) is 142 Å². The first-order valence-corrected chi connectivity index (χ1v) is 16.8. The molecule has 0 bridgehead atoms. The molecule has 3 nitrogen and oxygen atoms in total. The largest absolute Gasteiger partial charge is 0.352 e. The lowest BCUT2D eigenvalue weighted by molar-refractivity contribution is -0.167. The molecule has 0 aliphatic heterocycles. The quantitative estimate of drug-likeness (QED) is 0.0375. The Kier molecular flexibility index (Phi) is 30.8. The first-order chi connectivity index (χ1) is 17.3. The molecular weight excluding hydrogens is 568 g/mol. The fourth-order valence-corrected chi connectivity index (χ4v) is 4.84. The summed E-state index contributed by atoms with van der Waals surface area (Å²) in [6, 6.07) is 0. The average molecular weight is 625 g/mol. The molecular formula is C30H56Br2O3. The summed E-state index contributed by atoms with van der Waals surface area (Å²) in [7, 11) is 0. The molecule has 5 heteroatoms. The highest BCUT2D eigenvalue weighted by atomic mass is 79.9. The van der Waals surface area contributed by atoms with Crippen LogP contribution in [-0.2, 0) is 14.2 Å². The van der Waals surface area contributed by atoms with Gasteiger partial charge in [0.05, 0.1) is 12.2 Å². The van der Waals surface area contributed by atoms with Crippen molar-refractivity contribution >= 4 is 31.9 Å². The maximum Gasteiger partial charge on any atom is 0.149 e. The van der Waals surface area contributed by atoms with E-state index in [1.807, 2.05) is 0 Å². The van der Waals surface area contributed by atoms with Crippen molar-refractivity contribution in [3.05, 3.63) is 24.3 Å². The summed E-state index contributed by atoms with van der Waals surface area (Å²) < 4.78 is 17.7. The van der Waals surface area contributed by atoms with Crippen molar-refractivity contribution in [2.75, 3.05) is 24.2 Å². The number of rotatable bonds is 28. The van der Waals surface area contributed by atoms with Crippen LogP contribution in [0.25, 0.3) is 0 Å². The summed E-state index contributed by atoms with van der Waals surface area (Å²) in [6.07, 6.45) is 31.6. The number of hydrogen-bond acceptors (Lipinski definition) is 3. The molecule has 0 saturated heterocycles. The van der Waals surface area contributed by atoms with Crippen molar-refractivity contribution in [1.82, 2.24) is 0 Å². The molecule has 0 radical (unpaired) electrons. The third-order valence-electron chi connectivity index (χ3n) is 6.15. The van der Waals surface area contributed by atoms with Crippen molar-refractivity contribution in [1.29, 1.82) is 0 Å². The van der Waals surface area contributed by atoms with Crippen LogP contribution in [0.3, 0.4) is 0 Å². The highest BCUT2D eigenvalue weighted by Gasteiger charge is 2.09. The predicted octanol–water partition coefficient (Wildman–Crippen LogP) is 10.7. The van der Waals surface area contributed by atoms with Gasteiger partial charge in [-0.15, -0.1) is 0 Å². The van der Waals surface area contributed by atoms with Crippen molar-refractivity contribution in [2.24, 2.45) is 0 Å². The van der Waals surface area contributed by atoms with Crippen LogP contribution < -0.4 is 0 Å². The fourth-order valence-electron chi connectivity index (χ4n) is 4.04. The van der Waals surface area contributed by atoms with Crippen LogP contribution in [0.15, 0.2) is 24.3 Å². The van der Waals surface area contributed by atoms with Crippen LogP contribution in [0.5, 0.6) is 0 Å². The molecule has 0 aliphatic rings. The maximum absolute atomic E-state index is 6.00. The minimum Gasteiger partial charge on any atom is -0.352 e. The van der Waals surface area contributed by atoms with Gasteiger partial charge in [0.1, 0.15) is 13.6 Å². The topological polar surface area (TPSA) is 27.7 Å². The van der Waals surface area contributed by atoms with E-state index in [2.05, 4.69) is 70.0 Å². The second-order valence-electron chi connectivity index (χ2n) is 9.48. The first kappa shape index (κ1) is 35.3. The summed E-state index contributed by atoms with van der Waals surface area (Å²) in [4.78, 5) is 0. The summed E-state index contributed by atoms with van der Waals surface area (Å²) >= 11 is 6.99. The number of ether oxygens (including phenoxy) is 3. The van der Waals surface area contributed by atoms with Crippen LogP contribution >= 0.6 is 31.9 Å². The van der Waals surface area contributed by atoms with E-state index in [9.17, 15) is 0 Å². The van der Waals surface area contributed by atoms with Gasteiger partial charge in [-0.3, -0.25) is 0 Å². The molecule has 0 saturated carbocycles. The van der Waals surface area contributed by atoms with Crippen molar-refractivity contribution in [3.63, 3.8) is 0 Å². The third kappa shape index (κ3) is 27.2. The van der Waals surface area contributed by atoms with Gasteiger partial charge in [0.15, 0.2) is 0 Å². The van der Waals surface area contributed by atoms with Gasteiger partial charge in [-0.05, 0) is 77.0 Å². The minimum atomic E-state index is 0.277. The summed E-state index contributed by atoms with van der Waals surface area (Å²) in [5.74, 6) is 0. The van der Waals surface area contributed by atoms with E-state index >= 15 is 0 Å². The van der Waals surface area contributed by atoms with E-state index in [0.717, 1.165) is 62.0 Å². The van der Waals surface area contributed by atoms with Gasteiger partial charge in [0, 0.05) is 10.7 Å². The molecule has 0 rings (SSSR count). The second kappa shape index (κ2) is 30.5. The highest BCUT2D eigenvalue weighted by Crippen LogP contribution is 2.13. The van der Waals surface area contributed by atoms with E-state index < -0.39 is 0 Å². The number of allylic oxidation sites excluding steroid dienone is 4. The van der Waals surface area contributed by atoms with Gasteiger partial charge >= 0.3 is 0 Å². The summed E-state index contributed by atoms with van der Waals surface area (Å²) in [5, 5.41) is 2.26. The molecule has 208 valence electrons. The molecule has 35 heavy (non-hydrogen) atoms. The van der Waals surface area contributed by atoms with Gasteiger partial charge in [0.25, 0.3) is 0 Å². The zero-order valence-electron chi connectivity index (χ0n) is 23.0. The summed E-state index contributed by atoms with van der Waals surface area (Å²) in [5.41, 5.74) is 0. The Labute approximate surface area is 235 Å². The van der Waals surface area contributed by atoms with E-state index in [4.69, 9.17) is 14.2 Å². The lowest BCUT2D eigenvalue weighted by Gasteiger charge is -2.19. The normalized spacial score (nSPS) is 13.8. The second-order valence-corrected chi connectivity index (χ2v) is 11.1. The van der Waals surface area contributed by atoms with E-state index in [1.165, 1.54) is 64.2 Å². The number of halogens is 2. The molecule has 2 atom stereocenters. The zero-order chi connectivity index (χ0) is 25.7. The van der Waals surface area contributed by atoms with Gasteiger partial charge < -0.3 is 14.2 Å². The maximum atomic E-state index is 6.00. The summed E-state index contributed by atoms with van der Waals surface area (Å²) in [6.45, 7) is 5.10. The molecule has 0 amide bonds. The zero-order valence-corrected chi connectivity index (χ0v) is 26.2. The molecule has 0 N–H and O–H groups in total. The lowest BCUT2D eigenvalue weighted by Crippen LogP contribution is -2.18. The van der Waals surface area contributed by atoms with E-state index in [1.54, 1.807) is 0 Å². The molecule has 0 aromatic carbocycles.